The van der Waals surface area contributed by atoms with E-state index in [4.69, 9.17) is 4.74 Å². The second-order valence-electron chi connectivity index (χ2n) is 10.4. The molecule has 0 saturated carbocycles. The number of benzene rings is 2. The van der Waals surface area contributed by atoms with Gasteiger partial charge in [0.1, 0.15) is 23.7 Å². The molecule has 0 spiro atoms. The van der Waals surface area contributed by atoms with Crippen LogP contribution in [0.3, 0.4) is 0 Å². The third-order valence-corrected chi connectivity index (χ3v) is 7.51. The van der Waals surface area contributed by atoms with Crippen LogP contribution in [-0.2, 0) is 12.7 Å². The summed E-state index contributed by atoms with van der Waals surface area (Å²) in [4.78, 5) is 22.4. The minimum atomic E-state index is -4.42. The Morgan fingerprint density at radius 2 is 1.77 bits per heavy atom. The van der Waals surface area contributed by atoms with E-state index < -0.39 is 11.7 Å². The fourth-order valence-electron chi connectivity index (χ4n) is 5.13. The molecule has 9 nitrogen and oxygen atoms in total. The third kappa shape index (κ3) is 7.27. The van der Waals surface area contributed by atoms with Crippen molar-refractivity contribution in [3.63, 3.8) is 0 Å². The smallest absolute Gasteiger partial charge is 0.416 e. The summed E-state index contributed by atoms with van der Waals surface area (Å²) in [5.41, 5.74) is 1.92. The number of piperazine rings is 1. The number of likely N-dealkylation sites (N-methyl/N-ethyl adjacent to an activating group) is 1. The number of pyridine rings is 1. The van der Waals surface area contributed by atoms with Crippen LogP contribution in [0, 0.1) is 0 Å². The summed E-state index contributed by atoms with van der Waals surface area (Å²) in [5, 5.41) is 7.98. The Hall–Kier alpha value is -3.84. The number of nitrogens with one attached hydrogen (secondary N) is 1. The molecule has 0 radical (unpaired) electrons. The number of hydrogen-bond donors (Lipinski definition) is 1. The number of carbonyl (C=O) groups is 1. The third-order valence-electron chi connectivity index (χ3n) is 7.51. The van der Waals surface area contributed by atoms with Gasteiger partial charge in [0.15, 0.2) is 0 Å². The molecule has 14 heteroatoms. The fourth-order valence-corrected chi connectivity index (χ4v) is 5.13. The molecule has 1 aliphatic heterocycles. The number of ether oxygens (including phenoxy) is 1. The summed E-state index contributed by atoms with van der Waals surface area (Å²) in [5.74, 6) is 0.330. The lowest BCUT2D eigenvalue weighted by Gasteiger charge is -2.32. The monoisotopic (exact) mass is 649 g/mol. The molecule has 0 bridgehead atoms. The fraction of sp³-hybridized carbons (Fsp3) is 0.300. The maximum absolute atomic E-state index is 13.3. The molecule has 5 aromatic rings. The summed E-state index contributed by atoms with van der Waals surface area (Å²) in [6, 6.07) is 14.1. The van der Waals surface area contributed by atoms with Gasteiger partial charge in [-0.25, -0.2) is 4.98 Å². The standard InChI is InChI=1S/C30H30F3N7O2.2ClH/c1-37-10-12-38(13-11-37)14-15-42-23-8-9-39-27(19-34-28(39)17-23)29(41)36-25-6-3-7-26-24(25)18-35-40(26)20-21-4-2-5-22(16-21)30(31,32)33;;/h2-9,16-19H,10-15,20H2,1H3,(H,36,41);2*1H. The predicted molar refractivity (Wildman–Crippen MR) is 167 cm³/mol. The number of amides is 1. The number of aromatic nitrogens is 4. The van der Waals surface area contributed by atoms with Crippen molar-refractivity contribution in [2.75, 3.05) is 51.7 Å². The van der Waals surface area contributed by atoms with E-state index in [1.165, 1.54) is 12.3 Å². The van der Waals surface area contributed by atoms with E-state index in [9.17, 15) is 18.0 Å². The lowest BCUT2D eigenvalue weighted by atomic mass is 10.1. The van der Waals surface area contributed by atoms with Crippen molar-refractivity contribution in [1.82, 2.24) is 29.0 Å². The Bertz CT molecular complexity index is 1730. The van der Waals surface area contributed by atoms with Gasteiger partial charge in [-0.15, -0.1) is 24.8 Å². The number of anilines is 1. The molecule has 234 valence electrons. The number of rotatable bonds is 8. The summed E-state index contributed by atoms with van der Waals surface area (Å²) in [6.07, 6.45) is 0.446. The van der Waals surface area contributed by atoms with Crippen LogP contribution < -0.4 is 10.1 Å². The van der Waals surface area contributed by atoms with Crippen LogP contribution in [0.5, 0.6) is 5.75 Å². The van der Waals surface area contributed by atoms with E-state index in [1.807, 2.05) is 12.1 Å². The highest BCUT2D eigenvalue weighted by Gasteiger charge is 2.30. The van der Waals surface area contributed by atoms with Gasteiger partial charge >= 0.3 is 6.18 Å². The van der Waals surface area contributed by atoms with Crippen molar-refractivity contribution in [3.8, 4) is 5.75 Å². The van der Waals surface area contributed by atoms with E-state index in [-0.39, 0.29) is 37.3 Å². The molecule has 3 aromatic heterocycles. The molecule has 6 rings (SSSR count). The maximum Gasteiger partial charge on any atom is 0.416 e. The molecular formula is C30H32Cl2F3N7O2. The molecule has 1 aliphatic rings. The lowest BCUT2D eigenvalue weighted by molar-refractivity contribution is -0.137. The zero-order chi connectivity index (χ0) is 29.3. The van der Waals surface area contributed by atoms with Crippen LogP contribution in [0.25, 0.3) is 16.6 Å². The van der Waals surface area contributed by atoms with Crippen LogP contribution >= 0.6 is 24.8 Å². The minimum absolute atomic E-state index is 0. The first-order valence-electron chi connectivity index (χ1n) is 13.7. The topological polar surface area (TPSA) is 79.9 Å². The first-order valence-corrected chi connectivity index (χ1v) is 13.7. The number of carbonyl (C=O) groups excluding carboxylic acids is 1. The Labute approximate surface area is 264 Å². The Balaban J connectivity index is 0.00000221. The molecule has 0 atom stereocenters. The summed E-state index contributed by atoms with van der Waals surface area (Å²) in [7, 11) is 2.13. The van der Waals surface area contributed by atoms with Crippen molar-refractivity contribution >= 4 is 53.0 Å². The number of nitrogens with zero attached hydrogens (tertiary/aromatic N) is 6. The van der Waals surface area contributed by atoms with Crippen molar-refractivity contribution in [1.29, 1.82) is 0 Å². The second-order valence-corrected chi connectivity index (χ2v) is 10.4. The zero-order valence-electron chi connectivity index (χ0n) is 23.8. The van der Waals surface area contributed by atoms with Gasteiger partial charge in [0.05, 0.1) is 35.7 Å². The second kappa shape index (κ2) is 13.9. The van der Waals surface area contributed by atoms with E-state index >= 15 is 0 Å². The van der Waals surface area contributed by atoms with Crippen LogP contribution in [0.15, 0.2) is 73.2 Å². The summed E-state index contributed by atoms with van der Waals surface area (Å²) < 4.78 is 48.7. The van der Waals surface area contributed by atoms with E-state index in [1.54, 1.807) is 45.7 Å². The average Bonchev–Trinajstić information content (AvgIpc) is 3.58. The van der Waals surface area contributed by atoms with Gasteiger partial charge in [0.25, 0.3) is 5.91 Å². The van der Waals surface area contributed by atoms with Gasteiger partial charge in [-0.1, -0.05) is 18.2 Å². The lowest BCUT2D eigenvalue weighted by Crippen LogP contribution is -2.45. The highest BCUT2D eigenvalue weighted by molar-refractivity contribution is 6.08. The highest BCUT2D eigenvalue weighted by atomic mass is 35.5. The first kappa shape index (κ1) is 33.1. The van der Waals surface area contributed by atoms with Crippen LogP contribution in [0.1, 0.15) is 21.6 Å². The Kier molecular flexibility index (Phi) is 10.4. The molecule has 2 aromatic carbocycles. The molecule has 1 saturated heterocycles. The average molecular weight is 651 g/mol. The molecule has 44 heavy (non-hydrogen) atoms. The normalized spacial score (nSPS) is 14.3. The van der Waals surface area contributed by atoms with E-state index in [0.29, 0.717) is 45.9 Å². The summed E-state index contributed by atoms with van der Waals surface area (Å²) in [6.45, 7) is 5.74. The van der Waals surface area contributed by atoms with E-state index in [2.05, 4.69) is 32.2 Å². The Morgan fingerprint density at radius 3 is 2.55 bits per heavy atom. The van der Waals surface area contributed by atoms with Gasteiger partial charge in [-0.05, 0) is 42.9 Å². The largest absolute Gasteiger partial charge is 0.492 e. The number of halogens is 5. The Morgan fingerprint density at radius 1 is 1.00 bits per heavy atom. The molecule has 4 heterocycles. The number of alkyl halides is 3. The van der Waals surface area contributed by atoms with Crippen LogP contribution in [-0.4, -0.2) is 81.3 Å². The van der Waals surface area contributed by atoms with Crippen molar-refractivity contribution in [2.24, 2.45) is 0 Å². The number of imidazole rings is 1. The maximum atomic E-state index is 13.3. The van der Waals surface area contributed by atoms with Crippen LogP contribution in [0.4, 0.5) is 18.9 Å². The number of hydrogen-bond acceptors (Lipinski definition) is 6. The molecule has 0 unspecified atom stereocenters. The predicted octanol–water partition coefficient (Wildman–Crippen LogP) is 5.47. The van der Waals surface area contributed by atoms with Crippen molar-refractivity contribution in [3.05, 3.63) is 90.0 Å². The van der Waals surface area contributed by atoms with Gasteiger partial charge in [0, 0.05) is 50.4 Å². The van der Waals surface area contributed by atoms with Crippen molar-refractivity contribution < 1.29 is 22.7 Å². The quantitative estimate of drug-likeness (QED) is 0.240. The van der Waals surface area contributed by atoms with Crippen molar-refractivity contribution in [2.45, 2.75) is 12.7 Å². The highest BCUT2D eigenvalue weighted by Crippen LogP contribution is 2.30. The zero-order valence-corrected chi connectivity index (χ0v) is 25.5. The van der Waals surface area contributed by atoms with Gasteiger partial charge in [0.2, 0.25) is 0 Å². The summed E-state index contributed by atoms with van der Waals surface area (Å²) >= 11 is 0. The first-order chi connectivity index (χ1) is 20.2. The molecule has 0 aliphatic carbocycles. The SMILES string of the molecule is CN1CCN(CCOc2ccn3c(C(=O)Nc4cccc5c4cnn5Cc4cccc(C(F)(F)F)c4)cnc3c2)CC1.Cl.Cl. The molecular weight excluding hydrogens is 618 g/mol. The molecule has 1 N–H and O–H groups in total. The number of fused-ring (bicyclic) bond motifs is 2. The van der Waals surface area contributed by atoms with Gasteiger partial charge < -0.3 is 15.0 Å². The molecule has 1 fully saturated rings. The van der Waals surface area contributed by atoms with Crippen LogP contribution in [0.2, 0.25) is 0 Å². The van der Waals surface area contributed by atoms with Gasteiger partial charge in [-0.3, -0.25) is 18.8 Å². The van der Waals surface area contributed by atoms with Gasteiger partial charge in [-0.2, -0.15) is 18.3 Å². The minimum Gasteiger partial charge on any atom is -0.492 e. The molecule has 1 amide bonds. The van der Waals surface area contributed by atoms with E-state index in [0.717, 1.165) is 44.9 Å².